The van der Waals surface area contributed by atoms with Gasteiger partial charge in [0.25, 0.3) is 0 Å². The van der Waals surface area contributed by atoms with Crippen molar-refractivity contribution < 1.29 is 19.1 Å². The minimum atomic E-state index is -0.830. The zero-order valence-corrected chi connectivity index (χ0v) is 20.7. The van der Waals surface area contributed by atoms with Gasteiger partial charge in [-0.2, -0.15) is 0 Å². The second kappa shape index (κ2) is 11.7. The second-order valence-corrected chi connectivity index (χ2v) is 9.27. The Morgan fingerprint density at radius 1 is 1.06 bits per heavy atom. The Bertz CT molecular complexity index is 910. The van der Waals surface area contributed by atoms with Crippen LogP contribution in [-0.4, -0.2) is 42.4 Å². The van der Waals surface area contributed by atoms with Gasteiger partial charge in [-0.25, -0.2) is 0 Å². The fraction of sp³-hybridized carbons (Fsp3) is 0.480. The molecule has 0 N–H and O–H groups in total. The Balaban J connectivity index is 2.16. The molecule has 0 fully saturated rings. The Hall–Kier alpha value is -2.11. The van der Waals surface area contributed by atoms with Crippen molar-refractivity contribution in [2.24, 2.45) is 5.41 Å². The summed E-state index contributed by atoms with van der Waals surface area (Å²) in [5.74, 6) is 0.596. The lowest BCUT2D eigenvalue weighted by atomic mass is 9.72. The number of anilines is 1. The lowest BCUT2D eigenvalue weighted by Gasteiger charge is -2.30. The van der Waals surface area contributed by atoms with E-state index in [-0.39, 0.29) is 18.0 Å². The van der Waals surface area contributed by atoms with Gasteiger partial charge in [0.05, 0.1) is 6.42 Å². The molecular weight excluding hydrogens is 449 g/mol. The van der Waals surface area contributed by atoms with E-state index in [9.17, 15) is 14.4 Å². The fourth-order valence-electron chi connectivity index (χ4n) is 3.98. The van der Waals surface area contributed by atoms with Crippen molar-refractivity contribution in [2.45, 2.75) is 47.0 Å². The number of carbonyl (C=O) groups is 3. The SMILES string of the molecule is CCCC1=C(C(C)(C)CC(=O)Oc2ccc(N(CCCl)CCCl)cc2)C(=O)C=C(C)C1=O. The first-order valence-electron chi connectivity index (χ1n) is 10.8. The molecule has 0 aromatic heterocycles. The maximum Gasteiger partial charge on any atom is 0.312 e. The smallest absolute Gasteiger partial charge is 0.312 e. The maximum absolute atomic E-state index is 12.8. The first-order chi connectivity index (χ1) is 15.1. The van der Waals surface area contributed by atoms with Gasteiger partial charge in [-0.1, -0.05) is 27.2 Å². The van der Waals surface area contributed by atoms with E-state index in [4.69, 9.17) is 27.9 Å². The Morgan fingerprint density at radius 2 is 1.66 bits per heavy atom. The van der Waals surface area contributed by atoms with Gasteiger partial charge in [0, 0.05) is 52.7 Å². The predicted molar refractivity (Wildman–Crippen MR) is 130 cm³/mol. The zero-order valence-electron chi connectivity index (χ0n) is 19.2. The van der Waals surface area contributed by atoms with Gasteiger partial charge in [0.1, 0.15) is 5.75 Å². The molecule has 174 valence electrons. The molecule has 0 heterocycles. The van der Waals surface area contributed by atoms with E-state index in [0.717, 1.165) is 12.1 Å². The van der Waals surface area contributed by atoms with Crippen molar-refractivity contribution in [3.63, 3.8) is 0 Å². The number of rotatable bonds is 11. The number of Topliss-reactive ketones (excluding diaryl/α,β-unsaturated/α-hetero) is 1. The number of carbonyl (C=O) groups excluding carboxylic acids is 3. The molecule has 1 aromatic carbocycles. The molecule has 32 heavy (non-hydrogen) atoms. The summed E-state index contributed by atoms with van der Waals surface area (Å²) >= 11 is 11.7. The van der Waals surface area contributed by atoms with Gasteiger partial charge < -0.3 is 9.64 Å². The normalized spacial score (nSPS) is 14.5. The van der Waals surface area contributed by atoms with E-state index >= 15 is 0 Å². The number of nitrogens with zero attached hydrogens (tertiary/aromatic N) is 1. The van der Waals surface area contributed by atoms with Gasteiger partial charge in [-0.05, 0) is 43.7 Å². The highest BCUT2D eigenvalue weighted by Crippen LogP contribution is 2.38. The van der Waals surface area contributed by atoms with Crippen LogP contribution in [0.2, 0.25) is 0 Å². The number of hydrogen-bond acceptors (Lipinski definition) is 5. The minimum absolute atomic E-state index is 0.0200. The fourth-order valence-corrected chi connectivity index (χ4v) is 4.39. The monoisotopic (exact) mass is 479 g/mol. The molecule has 0 unspecified atom stereocenters. The highest BCUT2D eigenvalue weighted by Gasteiger charge is 2.37. The van der Waals surface area contributed by atoms with Crippen LogP contribution >= 0.6 is 23.2 Å². The molecule has 2 rings (SSSR count). The van der Waals surface area contributed by atoms with Crippen LogP contribution in [0.3, 0.4) is 0 Å². The Morgan fingerprint density at radius 3 is 2.19 bits per heavy atom. The molecule has 1 aromatic rings. The maximum atomic E-state index is 12.8. The van der Waals surface area contributed by atoms with Gasteiger partial charge >= 0.3 is 5.97 Å². The summed E-state index contributed by atoms with van der Waals surface area (Å²) in [5.41, 5.74) is 1.48. The van der Waals surface area contributed by atoms with Crippen LogP contribution in [0.5, 0.6) is 5.75 Å². The molecule has 7 heteroatoms. The number of alkyl halides is 2. The van der Waals surface area contributed by atoms with E-state index in [0.29, 0.717) is 53.7 Å². The molecule has 1 aliphatic rings. The number of ketones is 2. The summed E-state index contributed by atoms with van der Waals surface area (Å²) in [6.07, 6.45) is 2.60. The molecule has 0 amide bonds. The van der Waals surface area contributed by atoms with Crippen LogP contribution in [0.1, 0.15) is 47.0 Å². The lowest BCUT2D eigenvalue weighted by molar-refractivity contribution is -0.136. The molecule has 0 bridgehead atoms. The van der Waals surface area contributed by atoms with E-state index < -0.39 is 11.4 Å². The third-order valence-corrected chi connectivity index (χ3v) is 5.77. The topological polar surface area (TPSA) is 63.7 Å². The number of ether oxygens (including phenoxy) is 1. The summed E-state index contributed by atoms with van der Waals surface area (Å²) in [5, 5.41) is 0. The van der Waals surface area contributed by atoms with E-state index in [1.807, 2.05) is 19.1 Å². The average molecular weight is 480 g/mol. The second-order valence-electron chi connectivity index (χ2n) is 8.52. The number of hydrogen-bond donors (Lipinski definition) is 0. The number of benzene rings is 1. The van der Waals surface area contributed by atoms with Crippen LogP contribution in [0.15, 0.2) is 47.1 Å². The van der Waals surface area contributed by atoms with E-state index in [1.54, 1.807) is 32.9 Å². The zero-order chi connectivity index (χ0) is 23.9. The number of halogens is 2. The van der Waals surface area contributed by atoms with Crippen molar-refractivity contribution in [1.82, 2.24) is 0 Å². The minimum Gasteiger partial charge on any atom is -0.427 e. The number of esters is 1. The van der Waals surface area contributed by atoms with Crippen molar-refractivity contribution >= 4 is 46.4 Å². The van der Waals surface area contributed by atoms with Crippen LogP contribution in [-0.2, 0) is 14.4 Å². The first kappa shape index (κ1) is 26.1. The molecule has 0 aliphatic heterocycles. The summed E-state index contributed by atoms with van der Waals surface area (Å²) in [7, 11) is 0. The summed E-state index contributed by atoms with van der Waals surface area (Å²) in [6, 6.07) is 7.15. The number of allylic oxidation sites excluding steroid dienone is 4. The summed E-state index contributed by atoms with van der Waals surface area (Å²) < 4.78 is 5.53. The average Bonchev–Trinajstić information content (AvgIpc) is 2.71. The molecule has 0 saturated carbocycles. The third-order valence-electron chi connectivity index (χ3n) is 5.43. The van der Waals surface area contributed by atoms with Crippen LogP contribution in [0.4, 0.5) is 5.69 Å². The Kier molecular flexibility index (Phi) is 9.53. The summed E-state index contributed by atoms with van der Waals surface area (Å²) in [4.78, 5) is 40.2. The molecule has 0 radical (unpaired) electrons. The predicted octanol–water partition coefficient (Wildman–Crippen LogP) is 5.49. The van der Waals surface area contributed by atoms with Crippen LogP contribution < -0.4 is 9.64 Å². The first-order valence-corrected chi connectivity index (χ1v) is 11.9. The summed E-state index contributed by atoms with van der Waals surface area (Å²) in [6.45, 7) is 8.55. The van der Waals surface area contributed by atoms with Gasteiger partial charge in [0.2, 0.25) is 0 Å². The highest BCUT2D eigenvalue weighted by atomic mass is 35.5. The van der Waals surface area contributed by atoms with Crippen molar-refractivity contribution in [3.05, 3.63) is 47.1 Å². The standard InChI is InChI=1S/C25H31Cl2NO4/c1-5-6-20-23(21(29)15-17(2)24(20)31)25(3,4)16-22(30)32-19-9-7-18(8-10-19)28(13-11-26)14-12-27/h7-10,15H,5-6,11-14,16H2,1-4H3. The highest BCUT2D eigenvalue weighted by molar-refractivity contribution is 6.23. The van der Waals surface area contributed by atoms with E-state index in [2.05, 4.69) is 4.90 Å². The lowest BCUT2D eigenvalue weighted by Crippen LogP contribution is -2.31. The van der Waals surface area contributed by atoms with Crippen LogP contribution in [0.25, 0.3) is 0 Å². The quantitative estimate of drug-likeness (QED) is 0.182. The molecule has 0 saturated heterocycles. The van der Waals surface area contributed by atoms with Crippen molar-refractivity contribution in [1.29, 1.82) is 0 Å². The largest absolute Gasteiger partial charge is 0.427 e. The molecule has 5 nitrogen and oxygen atoms in total. The molecule has 1 aliphatic carbocycles. The van der Waals surface area contributed by atoms with Crippen LogP contribution in [0, 0.1) is 5.41 Å². The Labute approximate surface area is 200 Å². The molecule has 0 atom stereocenters. The third kappa shape index (κ3) is 6.46. The van der Waals surface area contributed by atoms with Gasteiger partial charge in [0.15, 0.2) is 11.6 Å². The van der Waals surface area contributed by atoms with E-state index in [1.165, 1.54) is 6.08 Å². The molecular formula is C25H31Cl2NO4. The molecule has 0 spiro atoms. The van der Waals surface area contributed by atoms with Gasteiger partial charge in [-0.3, -0.25) is 14.4 Å². The van der Waals surface area contributed by atoms with Crippen molar-refractivity contribution in [3.8, 4) is 5.75 Å². The van der Waals surface area contributed by atoms with Crippen molar-refractivity contribution in [2.75, 3.05) is 29.7 Å². The van der Waals surface area contributed by atoms with Gasteiger partial charge in [-0.15, -0.1) is 23.2 Å².